The Labute approximate surface area is 155 Å². The first kappa shape index (κ1) is 17.7. The summed E-state index contributed by atoms with van der Waals surface area (Å²) in [5.74, 6) is 1.38. The fraction of sp³-hybridized carbons (Fsp3) is 0.833. The lowest BCUT2D eigenvalue weighted by Gasteiger charge is -2.40. The topological polar surface area (TPSA) is 66.7 Å². The van der Waals surface area contributed by atoms with Gasteiger partial charge in [-0.05, 0) is 32.6 Å². The second-order valence-electron chi connectivity index (χ2n) is 7.43. The number of carbonyl (C=O) groups excluding carboxylic acids is 1. The van der Waals surface area contributed by atoms with Gasteiger partial charge in [-0.15, -0.1) is 10.2 Å². The zero-order valence-corrected chi connectivity index (χ0v) is 15.8. The van der Waals surface area contributed by atoms with Crippen LogP contribution in [0.2, 0.25) is 0 Å². The third kappa shape index (κ3) is 3.44. The van der Waals surface area contributed by atoms with Crippen molar-refractivity contribution < 1.29 is 9.53 Å². The quantitative estimate of drug-likeness (QED) is 0.791. The van der Waals surface area contributed by atoms with Gasteiger partial charge in [0.2, 0.25) is 11.8 Å². The molecule has 26 heavy (non-hydrogen) atoms. The van der Waals surface area contributed by atoms with Gasteiger partial charge in [0.05, 0.1) is 0 Å². The summed E-state index contributed by atoms with van der Waals surface area (Å²) in [6.45, 7) is 10.2. The van der Waals surface area contributed by atoms with Crippen LogP contribution in [0.3, 0.4) is 0 Å². The maximum atomic E-state index is 12.7. The molecule has 1 aromatic rings. The highest BCUT2D eigenvalue weighted by Gasteiger charge is 2.30. The highest BCUT2D eigenvalue weighted by atomic mass is 16.5. The molecule has 1 aromatic heterocycles. The first-order valence-corrected chi connectivity index (χ1v) is 10.1. The third-order valence-electron chi connectivity index (χ3n) is 5.94. The molecule has 3 fully saturated rings. The zero-order chi connectivity index (χ0) is 17.9. The third-order valence-corrected chi connectivity index (χ3v) is 5.94. The maximum Gasteiger partial charge on any atom is 0.291 e. The molecule has 0 radical (unpaired) electrons. The molecule has 0 aliphatic carbocycles. The van der Waals surface area contributed by atoms with Crippen molar-refractivity contribution in [3.8, 4) is 0 Å². The van der Waals surface area contributed by atoms with Crippen molar-refractivity contribution in [2.75, 3.05) is 57.4 Å². The average Bonchev–Trinajstić information content (AvgIpc) is 3.38. The molecule has 0 unspecified atom stereocenters. The lowest BCUT2D eigenvalue weighted by Crippen LogP contribution is -2.52. The molecule has 3 aliphatic rings. The van der Waals surface area contributed by atoms with E-state index in [9.17, 15) is 4.79 Å². The van der Waals surface area contributed by atoms with Crippen molar-refractivity contribution in [1.82, 2.24) is 24.6 Å². The van der Waals surface area contributed by atoms with Gasteiger partial charge in [0.1, 0.15) is 0 Å². The minimum Gasteiger partial charge on any atom is -0.381 e. The molecule has 8 heteroatoms. The summed E-state index contributed by atoms with van der Waals surface area (Å²) in [5.41, 5.74) is 0. The fourth-order valence-corrected chi connectivity index (χ4v) is 4.38. The number of piperazine rings is 1. The minimum absolute atomic E-state index is 0.0314. The standard InChI is InChI=1S/C18H30N6O2/c1-2-24-16(17(25)22-7-3-4-8-22)19-20-18(24)23-11-9-21(10-12-23)15-5-13-26-14-6-15/h15H,2-14H2,1H3. The number of rotatable bonds is 4. The number of carbonyl (C=O) groups is 1. The zero-order valence-electron chi connectivity index (χ0n) is 15.8. The number of amides is 1. The largest absolute Gasteiger partial charge is 0.381 e. The van der Waals surface area contributed by atoms with Crippen LogP contribution < -0.4 is 4.90 Å². The van der Waals surface area contributed by atoms with Crippen LogP contribution in [-0.4, -0.2) is 89.0 Å². The Bertz CT molecular complexity index is 613. The molecule has 4 rings (SSSR count). The fourth-order valence-electron chi connectivity index (χ4n) is 4.38. The molecule has 8 nitrogen and oxygen atoms in total. The van der Waals surface area contributed by atoms with E-state index in [1.165, 1.54) is 0 Å². The SMILES string of the molecule is CCn1c(C(=O)N2CCCC2)nnc1N1CCN(C2CCOCC2)CC1. The van der Waals surface area contributed by atoms with Gasteiger partial charge < -0.3 is 14.5 Å². The van der Waals surface area contributed by atoms with E-state index >= 15 is 0 Å². The molecule has 4 heterocycles. The van der Waals surface area contributed by atoms with Gasteiger partial charge in [0.15, 0.2) is 0 Å². The number of hydrogen-bond acceptors (Lipinski definition) is 6. The van der Waals surface area contributed by atoms with Crippen molar-refractivity contribution in [2.24, 2.45) is 0 Å². The van der Waals surface area contributed by atoms with Crippen molar-refractivity contribution in [3.05, 3.63) is 5.82 Å². The normalized spacial score (nSPS) is 23.0. The van der Waals surface area contributed by atoms with Crippen molar-refractivity contribution in [3.63, 3.8) is 0 Å². The second-order valence-corrected chi connectivity index (χ2v) is 7.43. The molecule has 0 N–H and O–H groups in total. The maximum absolute atomic E-state index is 12.7. The first-order chi connectivity index (χ1) is 12.8. The molecule has 0 atom stereocenters. The molecule has 0 spiro atoms. The number of anilines is 1. The Morgan fingerprint density at radius 1 is 1.04 bits per heavy atom. The Morgan fingerprint density at radius 3 is 2.38 bits per heavy atom. The summed E-state index contributed by atoms with van der Waals surface area (Å²) in [6.07, 6.45) is 4.46. The molecule has 0 aromatic carbocycles. The molecule has 1 amide bonds. The summed E-state index contributed by atoms with van der Waals surface area (Å²) in [5, 5.41) is 8.66. The number of hydrogen-bond donors (Lipinski definition) is 0. The van der Waals surface area contributed by atoms with E-state index in [-0.39, 0.29) is 5.91 Å². The van der Waals surface area contributed by atoms with Crippen molar-refractivity contribution in [1.29, 1.82) is 0 Å². The van der Waals surface area contributed by atoms with Crippen LogP contribution in [0.15, 0.2) is 0 Å². The summed E-state index contributed by atoms with van der Waals surface area (Å²) in [7, 11) is 0. The number of ether oxygens (including phenoxy) is 1. The molecular formula is C18H30N6O2. The lowest BCUT2D eigenvalue weighted by atomic mass is 10.1. The Kier molecular flexibility index (Phi) is 5.40. The predicted molar refractivity (Wildman–Crippen MR) is 98.5 cm³/mol. The van der Waals surface area contributed by atoms with Gasteiger partial charge >= 0.3 is 0 Å². The summed E-state index contributed by atoms with van der Waals surface area (Å²) >= 11 is 0. The van der Waals surface area contributed by atoms with Crippen LogP contribution >= 0.6 is 0 Å². The molecule has 144 valence electrons. The number of aromatic nitrogens is 3. The molecule has 3 saturated heterocycles. The van der Waals surface area contributed by atoms with Crippen molar-refractivity contribution in [2.45, 2.75) is 45.2 Å². The van der Waals surface area contributed by atoms with Gasteiger partial charge in [0, 0.05) is 65.1 Å². The number of nitrogens with zero attached hydrogens (tertiary/aromatic N) is 6. The van der Waals surface area contributed by atoms with E-state index in [0.717, 1.165) is 90.7 Å². The van der Waals surface area contributed by atoms with E-state index in [4.69, 9.17) is 4.74 Å². The van der Waals surface area contributed by atoms with Crippen LogP contribution in [-0.2, 0) is 11.3 Å². The van der Waals surface area contributed by atoms with Gasteiger partial charge in [-0.2, -0.15) is 0 Å². The molecule has 0 bridgehead atoms. The monoisotopic (exact) mass is 362 g/mol. The Balaban J connectivity index is 1.42. The minimum atomic E-state index is 0.0314. The highest BCUT2D eigenvalue weighted by molar-refractivity contribution is 5.91. The van der Waals surface area contributed by atoms with E-state index in [0.29, 0.717) is 11.9 Å². The van der Waals surface area contributed by atoms with Crippen LogP contribution in [0, 0.1) is 0 Å². The van der Waals surface area contributed by atoms with E-state index in [1.54, 1.807) is 0 Å². The lowest BCUT2D eigenvalue weighted by molar-refractivity contribution is 0.0320. The number of likely N-dealkylation sites (tertiary alicyclic amines) is 1. The van der Waals surface area contributed by atoms with Crippen molar-refractivity contribution >= 4 is 11.9 Å². The summed E-state index contributed by atoms with van der Waals surface area (Å²) < 4.78 is 7.47. The van der Waals surface area contributed by atoms with Gasteiger partial charge in [-0.3, -0.25) is 14.3 Å². The highest BCUT2D eigenvalue weighted by Crippen LogP contribution is 2.21. The van der Waals surface area contributed by atoms with Crippen LogP contribution in [0.25, 0.3) is 0 Å². The van der Waals surface area contributed by atoms with Gasteiger partial charge in [-0.25, -0.2) is 0 Å². The molecule has 3 aliphatic heterocycles. The van der Waals surface area contributed by atoms with Gasteiger partial charge in [-0.1, -0.05) is 0 Å². The van der Waals surface area contributed by atoms with Gasteiger partial charge in [0.25, 0.3) is 5.91 Å². The Morgan fingerprint density at radius 2 is 1.73 bits per heavy atom. The Hall–Kier alpha value is -1.67. The predicted octanol–water partition coefficient (Wildman–Crippen LogP) is 0.835. The van der Waals surface area contributed by atoms with E-state index in [2.05, 4.69) is 26.9 Å². The van der Waals surface area contributed by atoms with Crippen LogP contribution in [0.4, 0.5) is 5.95 Å². The van der Waals surface area contributed by atoms with E-state index < -0.39 is 0 Å². The van der Waals surface area contributed by atoms with Crippen LogP contribution in [0.5, 0.6) is 0 Å². The van der Waals surface area contributed by atoms with Crippen LogP contribution in [0.1, 0.15) is 43.2 Å². The smallest absolute Gasteiger partial charge is 0.291 e. The summed E-state index contributed by atoms with van der Waals surface area (Å²) in [4.78, 5) is 19.5. The van der Waals surface area contributed by atoms with E-state index in [1.807, 2.05) is 9.47 Å². The molecular weight excluding hydrogens is 332 g/mol. The first-order valence-electron chi connectivity index (χ1n) is 10.1. The summed E-state index contributed by atoms with van der Waals surface area (Å²) in [6, 6.07) is 0.655. The second kappa shape index (κ2) is 7.92. The average molecular weight is 362 g/mol. The molecule has 0 saturated carbocycles.